The molecular weight excluding hydrogens is 264 g/mol. The first-order valence-corrected chi connectivity index (χ1v) is 8.98. The summed E-state index contributed by atoms with van der Waals surface area (Å²) in [7, 11) is 0. The summed E-state index contributed by atoms with van der Waals surface area (Å²) in [5, 5.41) is 17.7. The molecule has 0 aromatic heterocycles. The molecule has 3 nitrogen and oxygen atoms in total. The van der Waals surface area contributed by atoms with E-state index >= 15 is 0 Å². The van der Waals surface area contributed by atoms with Crippen molar-refractivity contribution < 1.29 is 15.0 Å². The summed E-state index contributed by atoms with van der Waals surface area (Å²) < 4.78 is 0. The Morgan fingerprint density at radius 1 is 0.810 bits per heavy atom. The normalized spacial score (nSPS) is 14.0. The van der Waals surface area contributed by atoms with Gasteiger partial charge in [-0.1, -0.05) is 90.9 Å². The first-order valence-electron chi connectivity index (χ1n) is 8.98. The molecule has 126 valence electrons. The third-order valence-corrected chi connectivity index (χ3v) is 4.41. The zero-order valence-electron chi connectivity index (χ0n) is 14.1. The number of carboxylic acid groups (broad SMARTS) is 1. The highest BCUT2D eigenvalue weighted by atomic mass is 16.4. The van der Waals surface area contributed by atoms with E-state index in [0.717, 1.165) is 18.8 Å². The predicted molar refractivity (Wildman–Crippen MR) is 88.5 cm³/mol. The lowest BCUT2D eigenvalue weighted by molar-refractivity contribution is -0.146. The van der Waals surface area contributed by atoms with Crippen LogP contribution in [0.2, 0.25) is 0 Å². The van der Waals surface area contributed by atoms with Crippen molar-refractivity contribution in [2.75, 3.05) is 0 Å². The summed E-state index contributed by atoms with van der Waals surface area (Å²) >= 11 is 0. The number of carboxylic acids is 1. The number of rotatable bonds is 15. The monoisotopic (exact) mass is 300 g/mol. The van der Waals surface area contributed by atoms with E-state index in [1.165, 1.54) is 64.2 Å². The molecule has 0 aromatic rings. The average Bonchev–Trinajstić information content (AvgIpc) is 2.47. The fraction of sp³-hybridized carbons (Fsp3) is 0.944. The lowest BCUT2D eigenvalue weighted by Crippen LogP contribution is -2.18. The standard InChI is InChI=1S/C18H36O3/c1-3-16(2)14-12-10-8-6-4-5-7-9-11-13-15-17(19)18(20)21/h16-17,19H,3-15H2,1-2H3,(H,20,21). The van der Waals surface area contributed by atoms with Crippen LogP contribution in [-0.2, 0) is 4.79 Å². The quantitative estimate of drug-likeness (QED) is 0.411. The van der Waals surface area contributed by atoms with Gasteiger partial charge in [0.05, 0.1) is 0 Å². The molecule has 2 N–H and O–H groups in total. The van der Waals surface area contributed by atoms with Gasteiger partial charge in [0.2, 0.25) is 0 Å². The van der Waals surface area contributed by atoms with Crippen molar-refractivity contribution in [3.8, 4) is 0 Å². The van der Waals surface area contributed by atoms with Gasteiger partial charge in [0.25, 0.3) is 0 Å². The molecule has 0 saturated carbocycles. The van der Waals surface area contributed by atoms with Crippen LogP contribution in [0, 0.1) is 5.92 Å². The van der Waals surface area contributed by atoms with Crippen molar-refractivity contribution in [3.05, 3.63) is 0 Å². The van der Waals surface area contributed by atoms with Gasteiger partial charge < -0.3 is 10.2 Å². The Kier molecular flexibility index (Phi) is 14.0. The van der Waals surface area contributed by atoms with Crippen LogP contribution in [0.1, 0.15) is 97.3 Å². The van der Waals surface area contributed by atoms with E-state index in [9.17, 15) is 4.79 Å². The third kappa shape index (κ3) is 14.1. The topological polar surface area (TPSA) is 57.5 Å². The predicted octanol–water partition coefficient (Wildman–Crippen LogP) is 5.16. The van der Waals surface area contributed by atoms with Crippen LogP contribution in [0.4, 0.5) is 0 Å². The number of carbonyl (C=O) groups is 1. The molecule has 0 radical (unpaired) electrons. The van der Waals surface area contributed by atoms with Crippen molar-refractivity contribution in [2.24, 2.45) is 5.92 Å². The second-order valence-corrected chi connectivity index (χ2v) is 6.48. The van der Waals surface area contributed by atoms with Gasteiger partial charge in [-0.05, 0) is 12.3 Å². The van der Waals surface area contributed by atoms with Crippen LogP contribution >= 0.6 is 0 Å². The molecule has 0 aliphatic rings. The molecule has 0 amide bonds. The summed E-state index contributed by atoms with van der Waals surface area (Å²) in [4.78, 5) is 10.4. The maximum absolute atomic E-state index is 10.4. The van der Waals surface area contributed by atoms with E-state index in [2.05, 4.69) is 13.8 Å². The summed E-state index contributed by atoms with van der Waals surface area (Å²) in [6.45, 7) is 4.61. The van der Waals surface area contributed by atoms with Crippen LogP contribution < -0.4 is 0 Å². The molecule has 2 unspecified atom stereocenters. The number of aliphatic carboxylic acids is 1. The van der Waals surface area contributed by atoms with Crippen LogP contribution in [0.15, 0.2) is 0 Å². The van der Waals surface area contributed by atoms with Gasteiger partial charge in [-0.25, -0.2) is 4.79 Å². The SMILES string of the molecule is CCC(C)CCCCCCCCCCCCC(O)C(=O)O. The van der Waals surface area contributed by atoms with Crippen LogP contribution in [0.3, 0.4) is 0 Å². The molecule has 0 aliphatic carbocycles. The molecule has 0 saturated heterocycles. The maximum atomic E-state index is 10.4. The summed E-state index contributed by atoms with van der Waals surface area (Å²) in [6.07, 6.45) is 14.3. The number of hydrogen-bond donors (Lipinski definition) is 2. The number of aliphatic hydroxyl groups is 1. The maximum Gasteiger partial charge on any atom is 0.332 e. The van der Waals surface area contributed by atoms with Crippen LogP contribution in [0.25, 0.3) is 0 Å². The Morgan fingerprint density at radius 3 is 1.57 bits per heavy atom. The molecule has 3 heteroatoms. The Morgan fingerprint density at radius 2 is 1.19 bits per heavy atom. The average molecular weight is 300 g/mol. The Bertz CT molecular complexity index is 241. The molecule has 0 aliphatic heterocycles. The van der Waals surface area contributed by atoms with Crippen molar-refractivity contribution in [1.82, 2.24) is 0 Å². The van der Waals surface area contributed by atoms with Gasteiger partial charge in [0.1, 0.15) is 0 Å². The zero-order chi connectivity index (χ0) is 15.9. The van der Waals surface area contributed by atoms with Gasteiger partial charge in [-0.3, -0.25) is 0 Å². The summed E-state index contributed by atoms with van der Waals surface area (Å²) in [6, 6.07) is 0. The van der Waals surface area contributed by atoms with Crippen LogP contribution in [-0.4, -0.2) is 22.3 Å². The molecular formula is C18H36O3. The molecule has 0 bridgehead atoms. The minimum absolute atomic E-state index is 0.394. The van der Waals surface area contributed by atoms with Gasteiger partial charge in [-0.2, -0.15) is 0 Å². The van der Waals surface area contributed by atoms with E-state index in [0.29, 0.717) is 6.42 Å². The van der Waals surface area contributed by atoms with E-state index in [-0.39, 0.29) is 0 Å². The van der Waals surface area contributed by atoms with E-state index in [4.69, 9.17) is 10.2 Å². The molecule has 2 atom stereocenters. The fourth-order valence-electron chi connectivity index (χ4n) is 2.57. The first kappa shape index (κ1) is 20.4. The first-order chi connectivity index (χ1) is 10.1. The van der Waals surface area contributed by atoms with Crippen molar-refractivity contribution in [3.63, 3.8) is 0 Å². The fourth-order valence-corrected chi connectivity index (χ4v) is 2.57. The minimum atomic E-state index is -1.17. The zero-order valence-corrected chi connectivity index (χ0v) is 14.1. The van der Waals surface area contributed by atoms with Gasteiger partial charge >= 0.3 is 5.97 Å². The Labute approximate surface area is 131 Å². The number of unbranched alkanes of at least 4 members (excludes halogenated alkanes) is 9. The molecule has 0 fully saturated rings. The second kappa shape index (κ2) is 14.4. The minimum Gasteiger partial charge on any atom is -0.479 e. The van der Waals surface area contributed by atoms with E-state index in [1.807, 2.05) is 0 Å². The lowest BCUT2D eigenvalue weighted by Gasteiger charge is -2.07. The van der Waals surface area contributed by atoms with Gasteiger partial charge in [0.15, 0.2) is 6.10 Å². The van der Waals surface area contributed by atoms with E-state index < -0.39 is 12.1 Å². The summed E-state index contributed by atoms with van der Waals surface area (Å²) in [5.41, 5.74) is 0. The molecule has 0 heterocycles. The lowest BCUT2D eigenvalue weighted by atomic mass is 9.99. The van der Waals surface area contributed by atoms with Gasteiger partial charge in [0, 0.05) is 0 Å². The number of aliphatic hydroxyl groups excluding tert-OH is 1. The number of hydrogen-bond acceptors (Lipinski definition) is 2. The molecule has 0 spiro atoms. The molecule has 0 aromatic carbocycles. The van der Waals surface area contributed by atoms with Crippen molar-refractivity contribution in [1.29, 1.82) is 0 Å². The highest BCUT2D eigenvalue weighted by Gasteiger charge is 2.11. The smallest absolute Gasteiger partial charge is 0.332 e. The Hall–Kier alpha value is -0.570. The molecule has 0 rings (SSSR count). The molecule has 21 heavy (non-hydrogen) atoms. The van der Waals surface area contributed by atoms with Crippen molar-refractivity contribution >= 4 is 5.97 Å². The second-order valence-electron chi connectivity index (χ2n) is 6.48. The highest BCUT2D eigenvalue weighted by Crippen LogP contribution is 2.15. The summed E-state index contributed by atoms with van der Waals surface area (Å²) in [5.74, 6) is -0.201. The third-order valence-electron chi connectivity index (χ3n) is 4.41. The van der Waals surface area contributed by atoms with E-state index in [1.54, 1.807) is 0 Å². The highest BCUT2D eigenvalue weighted by molar-refractivity contribution is 5.71. The van der Waals surface area contributed by atoms with Crippen molar-refractivity contribution in [2.45, 2.75) is 103 Å². The van der Waals surface area contributed by atoms with Crippen LogP contribution in [0.5, 0.6) is 0 Å². The van der Waals surface area contributed by atoms with Gasteiger partial charge in [-0.15, -0.1) is 0 Å². The largest absolute Gasteiger partial charge is 0.479 e. The Balaban J connectivity index is 3.11.